The number of nitrogens with zero attached hydrogens (tertiary/aromatic N) is 2. The minimum atomic E-state index is -0.726. The molecule has 2 unspecified atom stereocenters. The van der Waals surface area contributed by atoms with Crippen molar-refractivity contribution in [3.8, 4) is 23.4 Å². The van der Waals surface area contributed by atoms with E-state index < -0.39 is 5.92 Å². The quantitative estimate of drug-likeness (QED) is 0.870. The van der Waals surface area contributed by atoms with E-state index in [1.54, 1.807) is 7.11 Å². The third-order valence-electron chi connectivity index (χ3n) is 4.24. The maximum Gasteiger partial charge on any atom is 0.243 e. The number of nitriles is 1. The Morgan fingerprint density at radius 3 is 2.88 bits per heavy atom. The van der Waals surface area contributed by atoms with E-state index >= 15 is 0 Å². The topological polar surface area (TPSA) is 104 Å². The van der Waals surface area contributed by atoms with Crippen LogP contribution in [0.25, 0.3) is 0 Å². The van der Waals surface area contributed by atoms with Crippen molar-refractivity contribution in [3.63, 3.8) is 0 Å². The molecule has 0 bridgehead atoms. The molecule has 7 nitrogen and oxygen atoms in total. The Bertz CT molecular complexity index is 837. The summed E-state index contributed by atoms with van der Waals surface area (Å²) in [4.78, 5) is 0. The van der Waals surface area contributed by atoms with Crippen molar-refractivity contribution in [2.75, 3.05) is 13.7 Å². The first-order valence-electron chi connectivity index (χ1n) is 8.12. The highest BCUT2D eigenvalue weighted by molar-refractivity contribution is 5.84. The van der Waals surface area contributed by atoms with Crippen LogP contribution in [-0.4, -0.2) is 29.8 Å². The third-order valence-corrected chi connectivity index (χ3v) is 4.24. The molecular formula is C18H20N4O3. The lowest BCUT2D eigenvalue weighted by Gasteiger charge is -2.28. The number of methoxy groups -OCH3 is 1. The van der Waals surface area contributed by atoms with Crippen LogP contribution in [0.15, 0.2) is 18.2 Å². The standard InChI is InChI=1S/C18H20N4O3/c1-4-7-24-13-6-5-11(8-14(13)23-3)16-12(9-19)17(20)25-18-15(16)10(2)21-22-18/h5-6,8,12,16,20H,4,7H2,1-3H3,(H,21,22). The Hall–Kier alpha value is -3.01. The van der Waals surface area contributed by atoms with Crippen LogP contribution in [0.2, 0.25) is 0 Å². The van der Waals surface area contributed by atoms with E-state index in [1.165, 1.54) is 0 Å². The van der Waals surface area contributed by atoms with Crippen molar-refractivity contribution < 1.29 is 14.2 Å². The van der Waals surface area contributed by atoms with Crippen LogP contribution in [0.1, 0.15) is 36.1 Å². The Morgan fingerprint density at radius 1 is 1.40 bits per heavy atom. The molecule has 1 aliphatic heterocycles. The number of hydrogen-bond donors (Lipinski definition) is 2. The highest BCUT2D eigenvalue weighted by Gasteiger charge is 2.40. The fourth-order valence-electron chi connectivity index (χ4n) is 3.05. The molecule has 2 heterocycles. The van der Waals surface area contributed by atoms with Gasteiger partial charge in [0.05, 0.1) is 19.8 Å². The summed E-state index contributed by atoms with van der Waals surface area (Å²) >= 11 is 0. The van der Waals surface area contributed by atoms with Gasteiger partial charge in [-0.15, -0.1) is 5.10 Å². The van der Waals surface area contributed by atoms with Crippen LogP contribution in [0.4, 0.5) is 0 Å². The number of rotatable bonds is 5. The van der Waals surface area contributed by atoms with Crippen molar-refractivity contribution in [1.29, 1.82) is 10.7 Å². The Kier molecular flexibility index (Phi) is 4.61. The summed E-state index contributed by atoms with van der Waals surface area (Å²) < 4.78 is 16.6. The monoisotopic (exact) mass is 340 g/mol. The average Bonchev–Trinajstić information content (AvgIpc) is 2.99. The summed E-state index contributed by atoms with van der Waals surface area (Å²) in [5.41, 5.74) is 2.47. The minimum absolute atomic E-state index is 0.100. The number of benzene rings is 1. The van der Waals surface area contributed by atoms with Gasteiger partial charge in [0.1, 0.15) is 5.92 Å². The summed E-state index contributed by atoms with van der Waals surface area (Å²) in [5, 5.41) is 24.6. The van der Waals surface area contributed by atoms with Crippen molar-refractivity contribution >= 4 is 5.90 Å². The predicted octanol–water partition coefficient (Wildman–Crippen LogP) is 3.16. The lowest BCUT2D eigenvalue weighted by Crippen LogP contribution is -2.31. The molecule has 7 heteroatoms. The molecule has 130 valence electrons. The highest BCUT2D eigenvalue weighted by Crippen LogP contribution is 2.44. The zero-order chi connectivity index (χ0) is 18.0. The van der Waals surface area contributed by atoms with E-state index in [9.17, 15) is 5.26 Å². The molecule has 0 fully saturated rings. The highest BCUT2D eigenvalue weighted by atomic mass is 16.5. The number of aryl methyl sites for hydroxylation is 1. The molecule has 0 saturated carbocycles. The van der Waals surface area contributed by atoms with Gasteiger partial charge in [-0.3, -0.25) is 10.5 Å². The van der Waals surface area contributed by atoms with Gasteiger partial charge < -0.3 is 14.2 Å². The summed E-state index contributed by atoms with van der Waals surface area (Å²) in [5.74, 6) is 0.433. The second kappa shape index (κ2) is 6.85. The second-order valence-corrected chi connectivity index (χ2v) is 5.88. The third kappa shape index (κ3) is 2.91. The van der Waals surface area contributed by atoms with E-state index in [2.05, 4.69) is 16.3 Å². The second-order valence-electron chi connectivity index (χ2n) is 5.88. The number of hydrogen-bond acceptors (Lipinski definition) is 6. The zero-order valence-electron chi connectivity index (χ0n) is 14.4. The summed E-state index contributed by atoms with van der Waals surface area (Å²) in [7, 11) is 1.58. The molecule has 2 atom stereocenters. The fourth-order valence-corrected chi connectivity index (χ4v) is 3.05. The number of nitrogens with one attached hydrogen (secondary N) is 2. The molecule has 3 rings (SSSR count). The van der Waals surface area contributed by atoms with Gasteiger partial charge in [-0.25, -0.2) is 0 Å². The van der Waals surface area contributed by atoms with E-state index in [1.807, 2.05) is 32.0 Å². The number of ether oxygens (including phenoxy) is 3. The van der Waals surface area contributed by atoms with E-state index in [0.717, 1.165) is 23.2 Å². The number of aromatic amines is 1. The van der Waals surface area contributed by atoms with Crippen molar-refractivity contribution in [2.24, 2.45) is 5.92 Å². The van der Waals surface area contributed by atoms with Gasteiger partial charge in [-0.05, 0) is 31.0 Å². The minimum Gasteiger partial charge on any atom is -0.493 e. The van der Waals surface area contributed by atoms with Crippen LogP contribution in [-0.2, 0) is 0 Å². The smallest absolute Gasteiger partial charge is 0.243 e. The Balaban J connectivity index is 2.08. The maximum absolute atomic E-state index is 9.59. The molecule has 0 aliphatic carbocycles. The average molecular weight is 340 g/mol. The van der Waals surface area contributed by atoms with Gasteiger partial charge in [0, 0.05) is 17.2 Å². The summed E-state index contributed by atoms with van der Waals surface area (Å²) in [6.45, 7) is 4.51. The summed E-state index contributed by atoms with van der Waals surface area (Å²) in [6.07, 6.45) is 0.899. The number of fused-ring (bicyclic) bond motifs is 1. The van der Waals surface area contributed by atoms with Gasteiger partial charge in [0.2, 0.25) is 11.8 Å². The molecule has 0 amide bonds. The van der Waals surface area contributed by atoms with Crippen LogP contribution in [0.5, 0.6) is 17.4 Å². The fraction of sp³-hybridized carbons (Fsp3) is 0.389. The van der Waals surface area contributed by atoms with E-state index in [0.29, 0.717) is 24.0 Å². The first kappa shape index (κ1) is 16.8. The Labute approximate surface area is 146 Å². The van der Waals surface area contributed by atoms with Crippen molar-refractivity contribution in [3.05, 3.63) is 35.0 Å². The van der Waals surface area contributed by atoms with Crippen LogP contribution in [0.3, 0.4) is 0 Å². The van der Waals surface area contributed by atoms with Gasteiger partial charge >= 0.3 is 0 Å². The van der Waals surface area contributed by atoms with Crippen LogP contribution >= 0.6 is 0 Å². The van der Waals surface area contributed by atoms with Gasteiger partial charge in [-0.2, -0.15) is 5.26 Å². The lowest BCUT2D eigenvalue weighted by atomic mass is 9.79. The molecule has 2 N–H and O–H groups in total. The Morgan fingerprint density at radius 2 is 2.20 bits per heavy atom. The SMILES string of the molecule is CCCOc1ccc(C2c3c(n[nH]c3C)OC(=N)C2C#N)cc1OC. The first-order valence-corrected chi connectivity index (χ1v) is 8.12. The number of H-pyrrole nitrogens is 1. The largest absolute Gasteiger partial charge is 0.493 e. The lowest BCUT2D eigenvalue weighted by molar-refractivity contribution is 0.294. The van der Waals surface area contributed by atoms with E-state index in [-0.39, 0.29) is 11.8 Å². The number of aromatic nitrogens is 2. The van der Waals surface area contributed by atoms with Crippen LogP contribution < -0.4 is 14.2 Å². The first-order chi connectivity index (χ1) is 12.1. The van der Waals surface area contributed by atoms with E-state index in [4.69, 9.17) is 19.6 Å². The van der Waals surface area contributed by atoms with Gasteiger partial charge in [-0.1, -0.05) is 13.0 Å². The molecule has 1 aromatic heterocycles. The molecule has 1 aromatic carbocycles. The van der Waals surface area contributed by atoms with Gasteiger partial charge in [0.25, 0.3) is 0 Å². The molecule has 1 aliphatic rings. The summed E-state index contributed by atoms with van der Waals surface area (Å²) in [6, 6.07) is 7.78. The molecule has 0 saturated heterocycles. The molecule has 0 radical (unpaired) electrons. The predicted molar refractivity (Wildman–Crippen MR) is 91.4 cm³/mol. The molecule has 2 aromatic rings. The molecular weight excluding hydrogens is 320 g/mol. The maximum atomic E-state index is 9.59. The molecule has 0 spiro atoms. The normalized spacial score (nSPS) is 18.9. The van der Waals surface area contributed by atoms with Crippen LogP contribution in [0, 0.1) is 29.6 Å². The molecule has 25 heavy (non-hydrogen) atoms. The van der Waals surface area contributed by atoms with Crippen molar-refractivity contribution in [1.82, 2.24) is 10.2 Å². The zero-order valence-corrected chi connectivity index (χ0v) is 14.4. The van der Waals surface area contributed by atoms with Gasteiger partial charge in [0.15, 0.2) is 11.5 Å². The van der Waals surface area contributed by atoms with Crippen molar-refractivity contribution in [2.45, 2.75) is 26.2 Å².